The van der Waals surface area contributed by atoms with Crippen molar-refractivity contribution in [2.24, 2.45) is 4.99 Å². The maximum Gasteiger partial charge on any atom is 0.349 e. The molecule has 0 spiro atoms. The quantitative estimate of drug-likeness (QED) is 0.188. The van der Waals surface area contributed by atoms with Gasteiger partial charge in [-0.2, -0.15) is 0 Å². The Bertz CT molecular complexity index is 1690. The van der Waals surface area contributed by atoms with Crippen LogP contribution < -0.4 is 15.2 Å². The number of carbonyl (C=O) groups excluding carboxylic acids is 1. The van der Waals surface area contributed by atoms with Gasteiger partial charge in [0.25, 0.3) is 0 Å². The van der Waals surface area contributed by atoms with E-state index in [1.165, 1.54) is 11.3 Å². The molecule has 0 aliphatic heterocycles. The first-order chi connectivity index (χ1) is 18.5. The van der Waals surface area contributed by atoms with Gasteiger partial charge in [0.05, 0.1) is 17.9 Å². The van der Waals surface area contributed by atoms with Gasteiger partial charge in [-0.15, -0.1) is 11.3 Å². The number of rotatable bonds is 8. The number of nitrogens with zero attached hydrogens (tertiary/aromatic N) is 2. The molecule has 0 aliphatic rings. The molecule has 2 aromatic heterocycles. The monoisotopic (exact) mass is 586 g/mol. The number of benzene rings is 3. The molecule has 0 radical (unpaired) electrons. The molecule has 0 fully saturated rings. The van der Waals surface area contributed by atoms with E-state index >= 15 is 0 Å². The van der Waals surface area contributed by atoms with E-state index in [2.05, 4.69) is 15.9 Å². The van der Waals surface area contributed by atoms with Crippen LogP contribution >= 0.6 is 27.3 Å². The Hall–Kier alpha value is -4.01. The van der Waals surface area contributed by atoms with E-state index in [-0.39, 0.29) is 23.7 Å². The number of aryl methyl sites for hydroxylation is 1. The second-order valence-corrected chi connectivity index (χ2v) is 10.3. The normalized spacial score (nSPS) is 11.5. The third-order valence-electron chi connectivity index (χ3n) is 5.78. The van der Waals surface area contributed by atoms with Crippen molar-refractivity contribution in [3.63, 3.8) is 0 Å². The highest BCUT2D eigenvalue weighted by atomic mass is 79.9. The van der Waals surface area contributed by atoms with Crippen molar-refractivity contribution in [3.05, 3.63) is 133 Å². The summed E-state index contributed by atoms with van der Waals surface area (Å²) >= 11 is 4.80. The number of ketones is 1. The number of halogens is 1. The lowest BCUT2D eigenvalue weighted by Crippen LogP contribution is -2.20. The van der Waals surface area contributed by atoms with Crippen LogP contribution in [0, 0.1) is 6.92 Å². The Morgan fingerprint density at radius 2 is 1.68 bits per heavy atom. The molecule has 6 nitrogen and oxygen atoms in total. The Morgan fingerprint density at radius 1 is 1.00 bits per heavy atom. The molecular weight excluding hydrogens is 564 g/mol. The molecule has 0 saturated carbocycles. The zero-order valence-electron chi connectivity index (χ0n) is 20.5. The third-order valence-corrected chi connectivity index (χ3v) is 7.17. The second kappa shape index (κ2) is 11.6. The topological polar surface area (TPSA) is 73.8 Å². The Balaban J connectivity index is 1.58. The molecule has 0 N–H and O–H groups in total. The molecule has 5 rings (SSSR count). The minimum Gasteiger partial charge on any atom is -0.484 e. The predicted octanol–water partition coefficient (Wildman–Crippen LogP) is 6.78. The van der Waals surface area contributed by atoms with E-state index in [0.29, 0.717) is 28.4 Å². The van der Waals surface area contributed by atoms with Gasteiger partial charge in [-0.3, -0.25) is 4.79 Å². The Kier molecular flexibility index (Phi) is 7.81. The molecule has 2 heterocycles. The minimum absolute atomic E-state index is 0.198. The maximum absolute atomic E-state index is 13.2. The number of carbonyl (C=O) groups is 1. The summed E-state index contributed by atoms with van der Waals surface area (Å²) in [4.78, 5) is 31.6. The SMILES string of the molecule is Cc1cc(OCC(=O)c2ccc(Br)cc2)c(-c2csc(=Nc3ccccc3)n2Cc2ccccc2)c(=O)o1. The first-order valence-electron chi connectivity index (χ1n) is 11.9. The molecule has 8 heteroatoms. The van der Waals surface area contributed by atoms with E-state index in [1.807, 2.05) is 70.6 Å². The smallest absolute Gasteiger partial charge is 0.349 e. The van der Waals surface area contributed by atoms with E-state index in [9.17, 15) is 9.59 Å². The van der Waals surface area contributed by atoms with Crippen molar-refractivity contribution in [2.45, 2.75) is 13.5 Å². The first-order valence-corrected chi connectivity index (χ1v) is 13.5. The fourth-order valence-electron chi connectivity index (χ4n) is 3.94. The molecule has 38 heavy (non-hydrogen) atoms. The van der Waals surface area contributed by atoms with Crippen LogP contribution in [-0.4, -0.2) is 17.0 Å². The average Bonchev–Trinajstić information content (AvgIpc) is 3.29. The molecule has 0 aliphatic carbocycles. The molecule has 0 bridgehead atoms. The van der Waals surface area contributed by atoms with Gasteiger partial charge in [0.1, 0.15) is 17.1 Å². The van der Waals surface area contributed by atoms with Gasteiger partial charge in [-0.25, -0.2) is 9.79 Å². The molecule has 3 aromatic carbocycles. The van der Waals surface area contributed by atoms with Gasteiger partial charge in [0.2, 0.25) is 0 Å². The first kappa shape index (κ1) is 25.6. The standard InChI is InChI=1S/C30H23BrN2O4S/c1-20-16-27(36-18-26(34)22-12-14-23(31)15-13-22)28(29(35)37-20)25-19-38-30(32-24-10-6-3-7-11-24)33(25)17-21-8-4-2-5-9-21/h2-16,19H,17-18H2,1H3. The number of ether oxygens (including phenoxy) is 1. The highest BCUT2D eigenvalue weighted by molar-refractivity contribution is 9.10. The Labute approximate surface area is 231 Å². The lowest BCUT2D eigenvalue weighted by molar-refractivity contribution is 0.0921. The molecule has 5 aromatic rings. The fourth-order valence-corrected chi connectivity index (χ4v) is 5.12. The minimum atomic E-state index is -0.540. The van der Waals surface area contributed by atoms with E-state index in [0.717, 1.165) is 15.7 Å². The highest BCUT2D eigenvalue weighted by Gasteiger charge is 2.21. The van der Waals surface area contributed by atoms with Crippen molar-refractivity contribution in [1.29, 1.82) is 0 Å². The van der Waals surface area contributed by atoms with Gasteiger partial charge in [-0.05, 0) is 36.8 Å². The number of Topliss-reactive ketones (excluding diaryl/α,β-unsaturated/α-hetero) is 1. The van der Waals surface area contributed by atoms with Crippen molar-refractivity contribution >= 4 is 38.7 Å². The third kappa shape index (κ3) is 5.93. The summed E-state index contributed by atoms with van der Waals surface area (Å²) in [5.74, 6) is 0.482. The summed E-state index contributed by atoms with van der Waals surface area (Å²) in [5.41, 5.74) is 2.69. The zero-order valence-corrected chi connectivity index (χ0v) is 22.9. The van der Waals surface area contributed by atoms with Crippen LogP contribution in [0.15, 0.2) is 115 Å². The average molecular weight is 587 g/mol. The molecule has 0 unspecified atom stereocenters. The van der Waals surface area contributed by atoms with Crippen molar-refractivity contribution in [2.75, 3.05) is 6.61 Å². The molecular formula is C30H23BrN2O4S. The largest absolute Gasteiger partial charge is 0.484 e. The lowest BCUT2D eigenvalue weighted by Gasteiger charge is -2.13. The van der Waals surface area contributed by atoms with Crippen LogP contribution in [0.5, 0.6) is 5.75 Å². The molecule has 0 amide bonds. The lowest BCUT2D eigenvalue weighted by atomic mass is 10.1. The van der Waals surface area contributed by atoms with Gasteiger partial charge in [-0.1, -0.05) is 76.6 Å². The zero-order chi connectivity index (χ0) is 26.5. The number of thiazole rings is 1. The summed E-state index contributed by atoms with van der Waals surface area (Å²) in [5, 5.41) is 1.87. The van der Waals surface area contributed by atoms with E-state index in [4.69, 9.17) is 14.1 Å². The van der Waals surface area contributed by atoms with E-state index in [1.54, 1.807) is 37.3 Å². The maximum atomic E-state index is 13.2. The molecule has 0 saturated heterocycles. The van der Waals surface area contributed by atoms with Crippen molar-refractivity contribution in [3.8, 4) is 17.0 Å². The highest BCUT2D eigenvalue weighted by Crippen LogP contribution is 2.29. The summed E-state index contributed by atoms with van der Waals surface area (Å²) in [6, 6.07) is 28.3. The van der Waals surface area contributed by atoms with Crippen LogP contribution in [0.1, 0.15) is 21.7 Å². The number of hydrogen-bond donors (Lipinski definition) is 0. The van der Waals surface area contributed by atoms with Crippen LogP contribution in [0.2, 0.25) is 0 Å². The summed E-state index contributed by atoms with van der Waals surface area (Å²) in [6.07, 6.45) is 0. The summed E-state index contributed by atoms with van der Waals surface area (Å²) in [6.45, 7) is 1.94. The van der Waals surface area contributed by atoms with Crippen LogP contribution in [0.25, 0.3) is 11.3 Å². The second-order valence-electron chi connectivity index (χ2n) is 8.53. The summed E-state index contributed by atoms with van der Waals surface area (Å²) < 4.78 is 14.3. The van der Waals surface area contributed by atoms with Crippen LogP contribution in [0.3, 0.4) is 0 Å². The van der Waals surface area contributed by atoms with Gasteiger partial charge < -0.3 is 13.7 Å². The fraction of sp³-hybridized carbons (Fsp3) is 0.100. The number of aromatic nitrogens is 1. The van der Waals surface area contributed by atoms with Crippen LogP contribution in [-0.2, 0) is 6.54 Å². The number of para-hydroxylation sites is 1. The predicted molar refractivity (Wildman–Crippen MR) is 152 cm³/mol. The van der Waals surface area contributed by atoms with E-state index < -0.39 is 5.63 Å². The van der Waals surface area contributed by atoms with Gasteiger partial charge >= 0.3 is 5.63 Å². The van der Waals surface area contributed by atoms with Crippen molar-refractivity contribution in [1.82, 2.24) is 4.57 Å². The molecule has 190 valence electrons. The Morgan fingerprint density at radius 3 is 2.39 bits per heavy atom. The van der Waals surface area contributed by atoms with Gasteiger partial charge in [0, 0.05) is 21.5 Å². The van der Waals surface area contributed by atoms with Crippen molar-refractivity contribution < 1.29 is 13.9 Å². The summed E-state index contributed by atoms with van der Waals surface area (Å²) in [7, 11) is 0. The number of hydrogen-bond acceptors (Lipinski definition) is 6. The van der Waals surface area contributed by atoms with Gasteiger partial charge in [0.15, 0.2) is 17.2 Å². The van der Waals surface area contributed by atoms with Crippen LogP contribution in [0.4, 0.5) is 5.69 Å². The molecule has 0 atom stereocenters.